The lowest BCUT2D eigenvalue weighted by atomic mass is 10.1. The van der Waals surface area contributed by atoms with Crippen LogP contribution in [0.3, 0.4) is 0 Å². The predicted molar refractivity (Wildman–Crippen MR) is 92.4 cm³/mol. The molecule has 1 aromatic heterocycles. The van der Waals surface area contributed by atoms with E-state index in [1.54, 1.807) is 0 Å². The highest BCUT2D eigenvalue weighted by Crippen LogP contribution is 2.27. The van der Waals surface area contributed by atoms with Gasteiger partial charge in [-0.2, -0.15) is 4.98 Å². The Balaban J connectivity index is 1.72. The summed E-state index contributed by atoms with van der Waals surface area (Å²) in [6.07, 6.45) is 0. The first-order valence-electron chi connectivity index (χ1n) is 7.32. The van der Waals surface area contributed by atoms with Gasteiger partial charge in [-0.15, -0.1) is 0 Å². The van der Waals surface area contributed by atoms with Crippen LogP contribution in [0.2, 0.25) is 0 Å². The topological polar surface area (TPSA) is 48.2 Å². The smallest absolute Gasteiger partial charge is 0.264 e. The Labute approximate surface area is 143 Å². The maximum atomic E-state index is 5.81. The van der Waals surface area contributed by atoms with E-state index in [0.29, 0.717) is 11.7 Å². The molecule has 3 rings (SSSR count). The summed E-state index contributed by atoms with van der Waals surface area (Å²) in [5, 5.41) is 4.01. The summed E-state index contributed by atoms with van der Waals surface area (Å²) in [6, 6.07) is 12.0. The Bertz CT molecular complexity index is 826. The molecule has 0 fully saturated rings. The molecular weight excluding hydrogens is 356 g/mol. The average Bonchev–Trinajstić information content (AvgIpc) is 2.99. The quantitative estimate of drug-likeness (QED) is 0.646. The molecule has 0 aliphatic heterocycles. The molecule has 1 heterocycles. The van der Waals surface area contributed by atoms with Crippen molar-refractivity contribution in [1.29, 1.82) is 0 Å². The van der Waals surface area contributed by atoms with Crippen molar-refractivity contribution in [2.24, 2.45) is 0 Å². The number of aromatic nitrogens is 2. The van der Waals surface area contributed by atoms with Crippen molar-refractivity contribution in [2.45, 2.75) is 27.4 Å². The van der Waals surface area contributed by atoms with Crippen LogP contribution >= 0.6 is 15.9 Å². The van der Waals surface area contributed by atoms with Gasteiger partial charge in [-0.05, 0) is 44.0 Å². The molecule has 0 saturated heterocycles. The summed E-state index contributed by atoms with van der Waals surface area (Å²) in [5.41, 5.74) is 4.31. The molecule has 0 aliphatic rings. The van der Waals surface area contributed by atoms with E-state index in [0.717, 1.165) is 26.9 Å². The largest absolute Gasteiger partial charge is 0.483 e. The second-order valence-corrected chi connectivity index (χ2v) is 6.39. The fraction of sp³-hybridized carbons (Fsp3) is 0.222. The van der Waals surface area contributed by atoms with Gasteiger partial charge in [0.25, 0.3) is 5.89 Å². The van der Waals surface area contributed by atoms with Crippen molar-refractivity contribution in [2.75, 3.05) is 0 Å². The van der Waals surface area contributed by atoms with Gasteiger partial charge in [-0.3, -0.25) is 0 Å². The van der Waals surface area contributed by atoms with E-state index in [-0.39, 0.29) is 6.61 Å². The first kappa shape index (κ1) is 15.7. The monoisotopic (exact) mass is 372 g/mol. The minimum atomic E-state index is 0.251. The van der Waals surface area contributed by atoms with Gasteiger partial charge in [0.1, 0.15) is 5.75 Å². The summed E-state index contributed by atoms with van der Waals surface area (Å²) in [5.74, 6) is 1.86. The minimum absolute atomic E-state index is 0.251. The normalized spacial score (nSPS) is 10.8. The third-order valence-corrected chi connectivity index (χ3v) is 4.44. The summed E-state index contributed by atoms with van der Waals surface area (Å²) in [7, 11) is 0. The first-order chi connectivity index (χ1) is 11.0. The molecule has 23 heavy (non-hydrogen) atoms. The highest BCUT2D eigenvalue weighted by Gasteiger charge is 2.10. The van der Waals surface area contributed by atoms with Crippen LogP contribution in [0, 0.1) is 20.8 Å². The Hall–Kier alpha value is -2.14. The molecule has 0 spiro atoms. The standard InChI is InChI=1S/C18H17BrN2O2/c1-11-4-6-14(7-5-11)18-20-17(23-21-18)10-22-16-9-12(2)15(19)8-13(16)3/h4-9H,10H2,1-3H3. The van der Waals surface area contributed by atoms with Crippen molar-refractivity contribution >= 4 is 15.9 Å². The van der Waals surface area contributed by atoms with E-state index in [4.69, 9.17) is 9.26 Å². The van der Waals surface area contributed by atoms with Crippen LogP contribution < -0.4 is 4.74 Å². The lowest BCUT2D eigenvalue weighted by molar-refractivity contribution is 0.241. The van der Waals surface area contributed by atoms with Crippen LogP contribution in [0.5, 0.6) is 5.75 Å². The lowest BCUT2D eigenvalue weighted by Gasteiger charge is -2.09. The number of nitrogens with zero attached hydrogens (tertiary/aromatic N) is 2. The van der Waals surface area contributed by atoms with E-state index in [1.165, 1.54) is 5.56 Å². The third kappa shape index (κ3) is 3.62. The van der Waals surface area contributed by atoms with E-state index in [9.17, 15) is 0 Å². The molecule has 0 unspecified atom stereocenters. The molecule has 0 saturated carbocycles. The molecule has 0 radical (unpaired) electrons. The lowest BCUT2D eigenvalue weighted by Crippen LogP contribution is -1.98. The van der Waals surface area contributed by atoms with Gasteiger partial charge >= 0.3 is 0 Å². The SMILES string of the molecule is Cc1ccc(-c2noc(COc3cc(C)c(Br)cc3C)n2)cc1. The summed E-state index contributed by atoms with van der Waals surface area (Å²) in [4.78, 5) is 4.38. The maximum Gasteiger partial charge on any atom is 0.264 e. The van der Waals surface area contributed by atoms with Gasteiger partial charge in [0, 0.05) is 10.0 Å². The Morgan fingerprint density at radius 2 is 1.78 bits per heavy atom. The molecule has 0 bridgehead atoms. The van der Waals surface area contributed by atoms with Crippen molar-refractivity contribution < 1.29 is 9.26 Å². The fourth-order valence-electron chi connectivity index (χ4n) is 2.18. The number of aryl methyl sites for hydroxylation is 3. The first-order valence-corrected chi connectivity index (χ1v) is 8.11. The summed E-state index contributed by atoms with van der Waals surface area (Å²) < 4.78 is 12.2. The van der Waals surface area contributed by atoms with Crippen molar-refractivity contribution in [1.82, 2.24) is 10.1 Å². The predicted octanol–water partition coefficient (Wildman–Crippen LogP) is 5.00. The van der Waals surface area contributed by atoms with E-state index >= 15 is 0 Å². The zero-order chi connectivity index (χ0) is 16.4. The van der Waals surface area contributed by atoms with Crippen molar-refractivity contribution in [3.05, 3.63) is 63.5 Å². The van der Waals surface area contributed by atoms with Crippen LogP contribution in [-0.4, -0.2) is 10.1 Å². The van der Waals surface area contributed by atoms with Gasteiger partial charge in [0.2, 0.25) is 5.82 Å². The molecule has 0 atom stereocenters. The van der Waals surface area contributed by atoms with Crippen molar-refractivity contribution in [3.8, 4) is 17.1 Å². The Kier molecular flexibility index (Phi) is 4.48. The highest BCUT2D eigenvalue weighted by atomic mass is 79.9. The highest BCUT2D eigenvalue weighted by molar-refractivity contribution is 9.10. The van der Waals surface area contributed by atoms with Crippen LogP contribution in [0.25, 0.3) is 11.4 Å². The molecule has 0 N–H and O–H groups in total. The average molecular weight is 373 g/mol. The van der Waals surface area contributed by atoms with Gasteiger partial charge in [0.05, 0.1) is 0 Å². The second kappa shape index (κ2) is 6.54. The van der Waals surface area contributed by atoms with E-state index < -0.39 is 0 Å². The molecule has 0 aliphatic carbocycles. The maximum absolute atomic E-state index is 5.81. The zero-order valence-electron chi connectivity index (χ0n) is 13.3. The molecule has 0 amide bonds. The van der Waals surface area contributed by atoms with Gasteiger partial charge in [-0.1, -0.05) is 50.9 Å². The minimum Gasteiger partial charge on any atom is -0.483 e. The Morgan fingerprint density at radius 1 is 1.04 bits per heavy atom. The van der Waals surface area contributed by atoms with Gasteiger partial charge in [-0.25, -0.2) is 0 Å². The fourth-order valence-corrected chi connectivity index (χ4v) is 2.64. The number of hydrogen-bond donors (Lipinski definition) is 0. The van der Waals surface area contributed by atoms with E-state index in [2.05, 4.69) is 26.1 Å². The number of hydrogen-bond acceptors (Lipinski definition) is 4. The molecular formula is C18H17BrN2O2. The van der Waals surface area contributed by atoms with Crippen LogP contribution in [0.4, 0.5) is 0 Å². The molecule has 4 nitrogen and oxygen atoms in total. The molecule has 5 heteroatoms. The summed E-state index contributed by atoms with van der Waals surface area (Å²) >= 11 is 3.51. The third-order valence-electron chi connectivity index (χ3n) is 3.59. The number of halogens is 1. The molecule has 2 aromatic carbocycles. The van der Waals surface area contributed by atoms with Crippen LogP contribution in [-0.2, 0) is 6.61 Å². The number of benzene rings is 2. The Morgan fingerprint density at radius 3 is 2.52 bits per heavy atom. The van der Waals surface area contributed by atoms with Gasteiger partial charge in [0.15, 0.2) is 6.61 Å². The number of ether oxygens (including phenoxy) is 1. The summed E-state index contributed by atoms with van der Waals surface area (Å²) in [6.45, 7) is 6.33. The van der Waals surface area contributed by atoms with E-state index in [1.807, 2.05) is 57.2 Å². The van der Waals surface area contributed by atoms with Crippen LogP contribution in [0.1, 0.15) is 22.6 Å². The molecule has 118 valence electrons. The molecule has 3 aromatic rings. The number of rotatable bonds is 4. The van der Waals surface area contributed by atoms with Gasteiger partial charge < -0.3 is 9.26 Å². The zero-order valence-corrected chi connectivity index (χ0v) is 14.8. The van der Waals surface area contributed by atoms with Crippen molar-refractivity contribution in [3.63, 3.8) is 0 Å². The second-order valence-electron chi connectivity index (χ2n) is 5.53. The van der Waals surface area contributed by atoms with Crippen LogP contribution in [0.15, 0.2) is 45.4 Å².